The van der Waals surface area contributed by atoms with Crippen molar-refractivity contribution < 1.29 is 9.53 Å². The zero-order chi connectivity index (χ0) is 18.8. The van der Waals surface area contributed by atoms with Gasteiger partial charge in [-0.3, -0.25) is 0 Å². The van der Waals surface area contributed by atoms with Crippen LogP contribution in [0.2, 0.25) is 0 Å². The van der Waals surface area contributed by atoms with Crippen LogP contribution in [0, 0.1) is 11.8 Å². The van der Waals surface area contributed by atoms with Crippen molar-refractivity contribution in [1.29, 1.82) is 0 Å². The van der Waals surface area contributed by atoms with Crippen molar-refractivity contribution in [1.82, 2.24) is 0 Å². The van der Waals surface area contributed by atoms with Gasteiger partial charge in [-0.2, -0.15) is 0 Å². The monoisotopic (exact) mass is 351 g/mol. The summed E-state index contributed by atoms with van der Waals surface area (Å²) in [5.74, 6) is 1.29. The molecule has 0 saturated heterocycles. The Morgan fingerprint density at radius 1 is 0.923 bits per heavy atom. The molecule has 0 bridgehead atoms. The standard InChI is InChI=1S/C23H29NO2/c1-14(2)9-16-6-8-19-20(11-16)18-7-5-17(10-15(3)4)12-21(18)22(19)13-26-23(24)25/h5-8,11-12,14-15,22H,9-10,13H2,1-4H3,(H2,24,25). The molecule has 3 heteroatoms. The van der Waals surface area contributed by atoms with Crippen LogP contribution in [0.25, 0.3) is 11.1 Å². The summed E-state index contributed by atoms with van der Waals surface area (Å²) in [6.45, 7) is 9.23. The molecule has 1 atom stereocenters. The van der Waals surface area contributed by atoms with Crippen molar-refractivity contribution in [3.8, 4) is 11.1 Å². The van der Waals surface area contributed by atoms with E-state index in [-0.39, 0.29) is 5.92 Å². The summed E-state index contributed by atoms with van der Waals surface area (Å²) in [6.07, 6.45) is 1.40. The average Bonchev–Trinajstić information content (AvgIpc) is 2.84. The van der Waals surface area contributed by atoms with Crippen molar-refractivity contribution in [2.45, 2.75) is 46.5 Å². The van der Waals surface area contributed by atoms with E-state index in [1.165, 1.54) is 33.4 Å². The van der Waals surface area contributed by atoms with Crippen LogP contribution in [0.4, 0.5) is 4.79 Å². The summed E-state index contributed by atoms with van der Waals surface area (Å²) >= 11 is 0. The van der Waals surface area contributed by atoms with Gasteiger partial charge in [-0.15, -0.1) is 0 Å². The second kappa shape index (κ2) is 7.53. The van der Waals surface area contributed by atoms with E-state index >= 15 is 0 Å². The number of ether oxygens (including phenoxy) is 1. The van der Waals surface area contributed by atoms with Gasteiger partial charge in [0.2, 0.25) is 0 Å². The molecule has 1 unspecified atom stereocenters. The summed E-state index contributed by atoms with van der Waals surface area (Å²) in [7, 11) is 0. The fourth-order valence-electron chi connectivity index (χ4n) is 4.00. The molecule has 3 nitrogen and oxygen atoms in total. The molecule has 1 aliphatic rings. The lowest BCUT2D eigenvalue weighted by Gasteiger charge is -2.15. The van der Waals surface area contributed by atoms with E-state index in [4.69, 9.17) is 10.5 Å². The molecule has 2 aromatic carbocycles. The van der Waals surface area contributed by atoms with Gasteiger partial charge in [0.25, 0.3) is 0 Å². The maximum absolute atomic E-state index is 11.2. The number of carbonyl (C=O) groups is 1. The summed E-state index contributed by atoms with van der Waals surface area (Å²) < 4.78 is 5.19. The van der Waals surface area contributed by atoms with Gasteiger partial charge in [-0.05, 0) is 58.1 Å². The summed E-state index contributed by atoms with van der Waals surface area (Å²) in [5, 5.41) is 0. The zero-order valence-corrected chi connectivity index (χ0v) is 16.2. The Bertz CT molecular complexity index is 808. The zero-order valence-electron chi connectivity index (χ0n) is 16.2. The van der Waals surface area contributed by atoms with E-state index in [0.717, 1.165) is 12.8 Å². The number of fused-ring (bicyclic) bond motifs is 3. The third kappa shape index (κ3) is 3.92. The summed E-state index contributed by atoms with van der Waals surface area (Å²) in [5.41, 5.74) is 12.9. The normalized spacial score (nSPS) is 15.2. The molecule has 0 saturated carbocycles. The van der Waals surface area contributed by atoms with Gasteiger partial charge in [-0.1, -0.05) is 64.1 Å². The first kappa shape index (κ1) is 18.5. The molecule has 3 rings (SSSR count). The lowest BCUT2D eigenvalue weighted by Crippen LogP contribution is -2.17. The SMILES string of the molecule is CC(C)Cc1ccc2c(c1)-c1ccc(CC(C)C)cc1C2COC(N)=O. The number of hydrogen-bond acceptors (Lipinski definition) is 2. The smallest absolute Gasteiger partial charge is 0.404 e. The highest BCUT2D eigenvalue weighted by Crippen LogP contribution is 2.46. The highest BCUT2D eigenvalue weighted by atomic mass is 16.5. The Morgan fingerprint density at radius 3 is 2.15 bits per heavy atom. The fourth-order valence-corrected chi connectivity index (χ4v) is 4.00. The minimum Gasteiger partial charge on any atom is -0.449 e. The van der Waals surface area contributed by atoms with Crippen LogP contribution in [0.1, 0.15) is 55.9 Å². The Hall–Kier alpha value is -2.29. The van der Waals surface area contributed by atoms with Gasteiger partial charge in [0.15, 0.2) is 0 Å². The maximum atomic E-state index is 11.2. The van der Waals surface area contributed by atoms with E-state index in [1.807, 2.05) is 0 Å². The third-order valence-electron chi connectivity index (χ3n) is 4.95. The van der Waals surface area contributed by atoms with Crippen LogP contribution < -0.4 is 5.73 Å². The largest absolute Gasteiger partial charge is 0.449 e. The van der Waals surface area contributed by atoms with Crippen LogP contribution in [0.5, 0.6) is 0 Å². The molecule has 2 aromatic rings. The second-order valence-corrected chi connectivity index (χ2v) is 8.22. The number of carbonyl (C=O) groups excluding carboxylic acids is 1. The Balaban J connectivity index is 2.03. The highest BCUT2D eigenvalue weighted by Gasteiger charge is 2.30. The number of hydrogen-bond donors (Lipinski definition) is 1. The van der Waals surface area contributed by atoms with Gasteiger partial charge in [0.1, 0.15) is 6.61 Å². The van der Waals surface area contributed by atoms with E-state index in [1.54, 1.807) is 0 Å². The topological polar surface area (TPSA) is 52.3 Å². The van der Waals surface area contributed by atoms with Crippen molar-refractivity contribution in [3.05, 3.63) is 58.7 Å². The third-order valence-corrected chi connectivity index (χ3v) is 4.95. The van der Waals surface area contributed by atoms with Gasteiger partial charge >= 0.3 is 6.09 Å². The van der Waals surface area contributed by atoms with Crippen LogP contribution >= 0.6 is 0 Å². The molecule has 0 spiro atoms. The Kier molecular flexibility index (Phi) is 5.36. The molecule has 0 heterocycles. The summed E-state index contributed by atoms with van der Waals surface area (Å²) in [6, 6.07) is 13.5. The lowest BCUT2D eigenvalue weighted by molar-refractivity contribution is 0.153. The lowest BCUT2D eigenvalue weighted by atomic mass is 9.94. The van der Waals surface area contributed by atoms with E-state index in [2.05, 4.69) is 64.1 Å². The quantitative estimate of drug-likeness (QED) is 0.768. The molecule has 2 N–H and O–H groups in total. The number of benzene rings is 2. The van der Waals surface area contributed by atoms with E-state index in [9.17, 15) is 4.79 Å². The highest BCUT2D eigenvalue weighted by molar-refractivity contribution is 5.80. The minimum absolute atomic E-state index is 0.0627. The predicted octanol–water partition coefficient (Wildman–Crippen LogP) is 5.29. The fraction of sp³-hybridized carbons (Fsp3) is 0.435. The number of nitrogens with two attached hydrogens (primary N) is 1. The van der Waals surface area contributed by atoms with Gasteiger partial charge in [0, 0.05) is 5.92 Å². The average molecular weight is 351 g/mol. The summed E-state index contributed by atoms with van der Waals surface area (Å²) in [4.78, 5) is 11.2. The van der Waals surface area contributed by atoms with Gasteiger partial charge < -0.3 is 10.5 Å². The molecular weight excluding hydrogens is 322 g/mol. The molecule has 138 valence electrons. The van der Waals surface area contributed by atoms with Crippen LogP contribution in [0.15, 0.2) is 36.4 Å². The van der Waals surface area contributed by atoms with Crippen LogP contribution in [0.3, 0.4) is 0 Å². The number of primary amides is 1. The number of amides is 1. The first-order chi connectivity index (χ1) is 12.3. The van der Waals surface area contributed by atoms with Crippen molar-refractivity contribution >= 4 is 6.09 Å². The second-order valence-electron chi connectivity index (χ2n) is 8.22. The molecule has 1 aliphatic carbocycles. The molecule has 0 radical (unpaired) electrons. The first-order valence-electron chi connectivity index (χ1n) is 9.53. The van der Waals surface area contributed by atoms with Crippen LogP contribution in [-0.2, 0) is 17.6 Å². The molecule has 0 aromatic heterocycles. The molecule has 0 aliphatic heterocycles. The van der Waals surface area contributed by atoms with Crippen molar-refractivity contribution in [2.24, 2.45) is 17.6 Å². The van der Waals surface area contributed by atoms with Crippen molar-refractivity contribution in [3.63, 3.8) is 0 Å². The maximum Gasteiger partial charge on any atom is 0.404 e. The molecule has 0 fully saturated rings. The molecular formula is C23H29NO2. The predicted molar refractivity (Wildman–Crippen MR) is 106 cm³/mol. The van der Waals surface area contributed by atoms with E-state index < -0.39 is 6.09 Å². The van der Waals surface area contributed by atoms with Gasteiger partial charge in [-0.25, -0.2) is 4.79 Å². The minimum atomic E-state index is -0.713. The first-order valence-corrected chi connectivity index (χ1v) is 9.53. The van der Waals surface area contributed by atoms with E-state index in [0.29, 0.717) is 18.4 Å². The Morgan fingerprint density at radius 2 is 1.54 bits per heavy atom. The van der Waals surface area contributed by atoms with Crippen LogP contribution in [-0.4, -0.2) is 12.7 Å². The molecule has 1 amide bonds. The van der Waals surface area contributed by atoms with Gasteiger partial charge in [0.05, 0.1) is 0 Å². The van der Waals surface area contributed by atoms with Crippen molar-refractivity contribution in [2.75, 3.05) is 6.61 Å². The Labute approximate surface area is 156 Å². The number of rotatable bonds is 6. The molecule has 26 heavy (non-hydrogen) atoms.